The highest BCUT2D eigenvalue weighted by atomic mass is 31.2. The molecule has 1 unspecified atom stereocenters. The fourth-order valence-corrected chi connectivity index (χ4v) is 3.33. The van der Waals surface area contributed by atoms with Crippen LogP contribution in [-0.2, 0) is 10.7 Å². The summed E-state index contributed by atoms with van der Waals surface area (Å²) in [6, 6.07) is 2.39. The molecule has 1 aromatic carbocycles. The lowest BCUT2D eigenvalue weighted by Crippen LogP contribution is -2.03. The maximum absolute atomic E-state index is 11.9. The van der Waals surface area contributed by atoms with Crippen LogP contribution < -0.4 is 10.5 Å². The van der Waals surface area contributed by atoms with E-state index in [2.05, 4.69) is 0 Å². The Bertz CT molecular complexity index is 548. The van der Waals surface area contributed by atoms with Crippen molar-refractivity contribution < 1.29 is 24.2 Å². The number of nitrogens with two attached hydrogens (primary N) is 1. The summed E-state index contributed by atoms with van der Waals surface area (Å²) in [6.45, 7) is 0.295. The number of phenols is 1. The van der Waals surface area contributed by atoms with E-state index in [1.54, 1.807) is 0 Å². The lowest BCUT2D eigenvalue weighted by Gasteiger charge is -2.12. The lowest BCUT2D eigenvalue weighted by atomic mass is 10.2. The standard InChI is InChI=1S/C11H17N2O6P/c1-19-10-6-8(5-9(11(10)14)13(15)16)7-20(17,18)4-2-3-12/h5-6,14H,2-4,7,12H2,1H3,(H,17,18). The summed E-state index contributed by atoms with van der Waals surface area (Å²) in [5, 5.41) is 20.4. The van der Waals surface area contributed by atoms with Gasteiger partial charge in [-0.2, -0.15) is 0 Å². The van der Waals surface area contributed by atoms with Crippen LogP contribution in [0.3, 0.4) is 0 Å². The number of ether oxygens (including phenoxy) is 1. The zero-order valence-electron chi connectivity index (χ0n) is 11.0. The molecule has 1 atom stereocenters. The summed E-state index contributed by atoms with van der Waals surface area (Å²) in [6.07, 6.45) is 0.204. The van der Waals surface area contributed by atoms with Crippen LogP contribution in [0.1, 0.15) is 12.0 Å². The molecule has 8 nitrogen and oxygen atoms in total. The van der Waals surface area contributed by atoms with E-state index in [9.17, 15) is 24.7 Å². The van der Waals surface area contributed by atoms with Gasteiger partial charge in [-0.15, -0.1) is 0 Å². The van der Waals surface area contributed by atoms with Gasteiger partial charge >= 0.3 is 5.69 Å². The van der Waals surface area contributed by atoms with Gasteiger partial charge in [0.1, 0.15) is 0 Å². The minimum atomic E-state index is -3.47. The molecule has 112 valence electrons. The van der Waals surface area contributed by atoms with Crippen LogP contribution in [0.25, 0.3) is 0 Å². The second kappa shape index (κ2) is 6.69. The van der Waals surface area contributed by atoms with Crippen molar-refractivity contribution in [2.45, 2.75) is 12.6 Å². The highest BCUT2D eigenvalue weighted by Crippen LogP contribution is 2.47. The van der Waals surface area contributed by atoms with Gasteiger partial charge in [-0.25, -0.2) is 0 Å². The van der Waals surface area contributed by atoms with E-state index in [4.69, 9.17) is 10.5 Å². The summed E-state index contributed by atoms with van der Waals surface area (Å²) in [4.78, 5) is 19.8. The largest absolute Gasteiger partial charge is 0.500 e. The number of rotatable bonds is 7. The molecule has 0 aliphatic rings. The van der Waals surface area contributed by atoms with E-state index in [0.717, 1.165) is 6.07 Å². The van der Waals surface area contributed by atoms with Gasteiger partial charge in [0.15, 0.2) is 5.75 Å². The maximum Gasteiger partial charge on any atom is 0.314 e. The number of nitro benzene ring substituents is 1. The van der Waals surface area contributed by atoms with Crippen LogP contribution in [0.2, 0.25) is 0 Å². The normalized spacial score (nSPS) is 13.8. The SMILES string of the molecule is COc1cc(CP(=O)(O)CCCN)cc([N+](=O)[O-])c1O. The van der Waals surface area contributed by atoms with E-state index in [-0.39, 0.29) is 23.6 Å². The number of aromatic hydroxyl groups is 1. The monoisotopic (exact) mass is 304 g/mol. The van der Waals surface area contributed by atoms with Crippen molar-refractivity contribution in [3.8, 4) is 11.5 Å². The first-order chi connectivity index (χ1) is 9.30. The second-order valence-corrected chi connectivity index (χ2v) is 6.75. The van der Waals surface area contributed by atoms with E-state index in [1.807, 2.05) is 0 Å². The molecule has 0 saturated carbocycles. The molecule has 0 fully saturated rings. The molecule has 0 aromatic heterocycles. The average Bonchev–Trinajstić information content (AvgIpc) is 2.37. The quantitative estimate of drug-likeness (QED) is 0.393. The Morgan fingerprint density at radius 3 is 2.65 bits per heavy atom. The van der Waals surface area contributed by atoms with Gasteiger partial charge in [0, 0.05) is 12.2 Å². The Kier molecular flexibility index (Phi) is 5.50. The van der Waals surface area contributed by atoms with Crippen molar-refractivity contribution in [3.63, 3.8) is 0 Å². The predicted octanol–water partition coefficient (Wildman–Crippen LogP) is 1.43. The third-order valence-corrected chi connectivity index (χ3v) is 4.55. The minimum absolute atomic E-state index is 0.0422. The van der Waals surface area contributed by atoms with E-state index in [0.29, 0.717) is 13.0 Å². The van der Waals surface area contributed by atoms with Crippen LogP contribution in [0.15, 0.2) is 12.1 Å². The number of hydrogen-bond acceptors (Lipinski definition) is 6. The molecule has 0 bridgehead atoms. The maximum atomic E-state index is 11.9. The number of nitro groups is 1. The van der Waals surface area contributed by atoms with Crippen LogP contribution in [0.4, 0.5) is 5.69 Å². The van der Waals surface area contributed by atoms with Crippen molar-refractivity contribution in [1.82, 2.24) is 0 Å². The van der Waals surface area contributed by atoms with Crippen LogP contribution in [-0.4, -0.2) is 34.7 Å². The van der Waals surface area contributed by atoms with E-state index < -0.39 is 23.7 Å². The molecule has 4 N–H and O–H groups in total. The Morgan fingerprint density at radius 2 is 2.15 bits per heavy atom. The highest BCUT2D eigenvalue weighted by molar-refractivity contribution is 7.57. The Hall–Kier alpha value is -1.63. The van der Waals surface area contributed by atoms with Crippen molar-refractivity contribution >= 4 is 13.1 Å². The van der Waals surface area contributed by atoms with Crippen molar-refractivity contribution in [2.24, 2.45) is 5.73 Å². The number of phenolic OH excluding ortho intramolecular Hbond substituents is 1. The molecular formula is C11H17N2O6P. The first-order valence-electron chi connectivity index (χ1n) is 5.86. The Labute approximate surface area is 115 Å². The lowest BCUT2D eigenvalue weighted by molar-refractivity contribution is -0.386. The third kappa shape index (κ3) is 4.19. The van der Waals surface area contributed by atoms with E-state index in [1.165, 1.54) is 13.2 Å². The summed E-state index contributed by atoms with van der Waals surface area (Å²) in [5.41, 5.74) is 4.99. The van der Waals surface area contributed by atoms with E-state index >= 15 is 0 Å². The van der Waals surface area contributed by atoms with Crippen LogP contribution in [0, 0.1) is 10.1 Å². The third-order valence-electron chi connectivity index (χ3n) is 2.67. The molecule has 1 rings (SSSR count). The molecule has 0 saturated heterocycles. The zero-order chi connectivity index (χ0) is 15.3. The van der Waals surface area contributed by atoms with Gasteiger partial charge in [0.05, 0.1) is 18.2 Å². The van der Waals surface area contributed by atoms with Gasteiger partial charge in [0.2, 0.25) is 13.1 Å². The molecule has 0 aliphatic carbocycles. The van der Waals surface area contributed by atoms with Gasteiger partial charge in [-0.05, 0) is 24.6 Å². The Morgan fingerprint density at radius 1 is 1.50 bits per heavy atom. The highest BCUT2D eigenvalue weighted by Gasteiger charge is 2.24. The molecule has 1 aromatic rings. The van der Waals surface area contributed by atoms with Gasteiger partial charge < -0.3 is 20.5 Å². The van der Waals surface area contributed by atoms with Crippen molar-refractivity contribution in [1.29, 1.82) is 0 Å². The number of benzene rings is 1. The predicted molar refractivity (Wildman–Crippen MR) is 73.4 cm³/mol. The van der Waals surface area contributed by atoms with Crippen molar-refractivity contribution in [3.05, 3.63) is 27.8 Å². The molecule has 20 heavy (non-hydrogen) atoms. The molecule has 0 radical (unpaired) electrons. The summed E-state index contributed by atoms with van der Waals surface area (Å²) < 4.78 is 16.8. The summed E-state index contributed by atoms with van der Waals surface area (Å²) in [7, 11) is -2.22. The fourth-order valence-electron chi connectivity index (χ4n) is 1.74. The summed E-state index contributed by atoms with van der Waals surface area (Å²) >= 11 is 0. The number of methoxy groups -OCH3 is 1. The molecule has 0 spiro atoms. The molecule has 0 amide bonds. The molecule has 9 heteroatoms. The first-order valence-corrected chi connectivity index (χ1v) is 7.89. The second-order valence-electron chi connectivity index (χ2n) is 4.29. The Balaban J connectivity index is 3.10. The molecule has 0 heterocycles. The zero-order valence-corrected chi connectivity index (χ0v) is 11.9. The summed E-state index contributed by atoms with van der Waals surface area (Å²) in [5.74, 6) is -0.705. The van der Waals surface area contributed by atoms with Gasteiger partial charge in [0.25, 0.3) is 0 Å². The van der Waals surface area contributed by atoms with Crippen LogP contribution in [0.5, 0.6) is 11.5 Å². The van der Waals surface area contributed by atoms with Crippen molar-refractivity contribution in [2.75, 3.05) is 19.8 Å². The van der Waals surface area contributed by atoms with Gasteiger partial charge in [-0.1, -0.05) is 0 Å². The molecular weight excluding hydrogens is 287 g/mol. The first kappa shape index (κ1) is 16.4. The smallest absolute Gasteiger partial charge is 0.314 e. The van der Waals surface area contributed by atoms with Gasteiger partial charge in [-0.3, -0.25) is 14.7 Å². The van der Waals surface area contributed by atoms with Crippen LogP contribution >= 0.6 is 7.37 Å². The fraction of sp³-hybridized carbons (Fsp3) is 0.455. The average molecular weight is 304 g/mol. The minimum Gasteiger partial charge on any atom is -0.500 e. The topological polar surface area (TPSA) is 136 Å². The molecule has 0 aliphatic heterocycles. The number of nitrogens with zero attached hydrogens (tertiary/aromatic N) is 1. The number of hydrogen-bond donors (Lipinski definition) is 3.